The molecule has 0 bridgehead atoms. The van der Waals surface area contributed by atoms with Crippen LogP contribution in [0.4, 0.5) is 0 Å². The third-order valence-corrected chi connectivity index (χ3v) is 6.32. The van der Waals surface area contributed by atoms with Crippen LogP contribution in [0.3, 0.4) is 0 Å². The quantitative estimate of drug-likeness (QED) is 0.420. The largest absolute Gasteiger partial charge is 0.131 e. The lowest BCUT2D eigenvalue weighted by molar-refractivity contribution is 1.35. The lowest BCUT2D eigenvalue weighted by Crippen LogP contribution is -1.90. The molecule has 0 atom stereocenters. The predicted octanol–water partition coefficient (Wildman–Crippen LogP) is 4.53. The van der Waals surface area contributed by atoms with Gasteiger partial charge in [0, 0.05) is 0 Å². The Morgan fingerprint density at radius 1 is 0.923 bits per heavy atom. The van der Waals surface area contributed by atoms with Gasteiger partial charge < -0.3 is 0 Å². The smallest absolute Gasteiger partial charge is 0.109 e. The molecule has 1 aliphatic rings. The number of hydrogen-bond acceptors (Lipinski definition) is 4. The monoisotopic (exact) mass is 250 g/mol. The SMILES string of the molecule is CC(C)=C1C(=C(C)C)C1(SS)SS. The van der Waals surface area contributed by atoms with E-state index >= 15 is 0 Å². The molecule has 13 heavy (non-hydrogen) atoms. The van der Waals surface area contributed by atoms with Crippen molar-refractivity contribution in [1.82, 2.24) is 0 Å². The van der Waals surface area contributed by atoms with Crippen molar-refractivity contribution in [1.29, 1.82) is 0 Å². The average Bonchev–Trinajstić information content (AvgIpc) is 2.74. The van der Waals surface area contributed by atoms with Crippen molar-refractivity contribution in [3.63, 3.8) is 0 Å². The summed E-state index contributed by atoms with van der Waals surface area (Å²) in [7, 11) is 3.15. The van der Waals surface area contributed by atoms with E-state index in [-0.39, 0.29) is 4.08 Å². The van der Waals surface area contributed by atoms with Crippen LogP contribution in [0.1, 0.15) is 27.7 Å². The number of rotatable bonds is 2. The van der Waals surface area contributed by atoms with Gasteiger partial charge in [-0.25, -0.2) is 0 Å². The van der Waals surface area contributed by atoms with Crippen molar-refractivity contribution in [3.05, 3.63) is 22.3 Å². The molecule has 0 aliphatic heterocycles. The first-order valence-corrected chi connectivity index (χ1v) is 7.76. The fourth-order valence-corrected chi connectivity index (χ4v) is 5.52. The molecule has 74 valence electrons. The predicted molar refractivity (Wildman–Crippen MR) is 72.6 cm³/mol. The van der Waals surface area contributed by atoms with E-state index in [9.17, 15) is 0 Å². The molecule has 1 aliphatic carbocycles. The van der Waals surface area contributed by atoms with Gasteiger partial charge in [-0.3, -0.25) is 0 Å². The van der Waals surface area contributed by atoms with Crippen LogP contribution in [0.15, 0.2) is 22.3 Å². The molecule has 0 spiro atoms. The van der Waals surface area contributed by atoms with Gasteiger partial charge in [-0.2, -0.15) is 0 Å². The van der Waals surface area contributed by atoms with Crippen molar-refractivity contribution in [2.45, 2.75) is 31.8 Å². The maximum absolute atomic E-state index is 4.33. The topological polar surface area (TPSA) is 0 Å². The minimum absolute atomic E-state index is 0.0316. The molecule has 0 saturated heterocycles. The van der Waals surface area contributed by atoms with Gasteiger partial charge in [-0.05, 0) is 38.8 Å². The van der Waals surface area contributed by atoms with Gasteiger partial charge in [0.15, 0.2) is 0 Å². The molecular formula is C9H14S4. The third-order valence-electron chi connectivity index (χ3n) is 2.10. The van der Waals surface area contributed by atoms with Crippen molar-refractivity contribution in [2.75, 3.05) is 0 Å². The zero-order valence-corrected chi connectivity index (χ0v) is 11.6. The maximum Gasteiger partial charge on any atom is 0.131 e. The first-order valence-electron chi connectivity index (χ1n) is 4.02. The van der Waals surface area contributed by atoms with Crippen molar-refractivity contribution >= 4 is 44.9 Å². The van der Waals surface area contributed by atoms with Gasteiger partial charge in [0.1, 0.15) is 4.08 Å². The summed E-state index contributed by atoms with van der Waals surface area (Å²) in [5.74, 6) is 0. The Labute approximate surface area is 98.6 Å². The first kappa shape index (κ1) is 12.0. The molecule has 0 aromatic heterocycles. The van der Waals surface area contributed by atoms with Crippen molar-refractivity contribution < 1.29 is 0 Å². The molecule has 0 heterocycles. The highest BCUT2D eigenvalue weighted by molar-refractivity contribution is 8.79. The highest BCUT2D eigenvalue weighted by Crippen LogP contribution is 2.69. The molecule has 0 aromatic rings. The van der Waals surface area contributed by atoms with E-state index in [1.807, 2.05) is 0 Å². The number of hydrogen-bond donors (Lipinski definition) is 2. The summed E-state index contributed by atoms with van der Waals surface area (Å²) in [4.78, 5) is 0. The highest BCUT2D eigenvalue weighted by Gasteiger charge is 2.56. The molecule has 0 amide bonds. The zero-order chi connectivity index (χ0) is 10.2. The van der Waals surface area contributed by atoms with Crippen molar-refractivity contribution in [2.24, 2.45) is 0 Å². The summed E-state index contributed by atoms with van der Waals surface area (Å²) in [5.41, 5.74) is 5.60. The van der Waals surface area contributed by atoms with Crippen LogP contribution >= 0.6 is 44.9 Å². The molecule has 1 rings (SSSR count). The van der Waals surface area contributed by atoms with E-state index < -0.39 is 0 Å². The van der Waals surface area contributed by atoms with Gasteiger partial charge in [0.25, 0.3) is 0 Å². The van der Waals surface area contributed by atoms with Crippen LogP contribution in [0.25, 0.3) is 0 Å². The van der Waals surface area contributed by atoms with Crippen LogP contribution in [0, 0.1) is 0 Å². The van der Waals surface area contributed by atoms with Crippen LogP contribution in [0.2, 0.25) is 0 Å². The van der Waals surface area contributed by atoms with Crippen LogP contribution in [-0.4, -0.2) is 4.08 Å². The normalized spacial score (nSPS) is 18.9. The van der Waals surface area contributed by atoms with E-state index in [1.54, 1.807) is 21.6 Å². The summed E-state index contributed by atoms with van der Waals surface area (Å²) in [5, 5.41) is 0. The molecule has 0 unspecified atom stereocenters. The van der Waals surface area contributed by atoms with E-state index in [0.29, 0.717) is 0 Å². The average molecular weight is 250 g/mol. The Hall–Kier alpha value is 0.880. The molecular weight excluding hydrogens is 236 g/mol. The van der Waals surface area contributed by atoms with Gasteiger partial charge in [-0.15, -0.1) is 23.3 Å². The standard InChI is InChI=1S/C9H14S4/c1-5(2)7-8(6(3)4)9(7,12-10)13-11/h10-11H,1-4H3. The lowest BCUT2D eigenvalue weighted by Gasteiger charge is -2.04. The second-order valence-corrected chi connectivity index (χ2v) is 6.49. The summed E-state index contributed by atoms with van der Waals surface area (Å²) in [6.45, 7) is 8.59. The lowest BCUT2D eigenvalue weighted by atomic mass is 10.2. The van der Waals surface area contributed by atoms with Crippen LogP contribution in [-0.2, 0) is 0 Å². The molecule has 1 saturated carbocycles. The summed E-state index contributed by atoms with van der Waals surface area (Å²) >= 11 is 8.66. The molecule has 0 nitrogen and oxygen atoms in total. The Bertz CT molecular complexity index is 250. The van der Waals surface area contributed by atoms with E-state index in [1.165, 1.54) is 22.3 Å². The van der Waals surface area contributed by atoms with E-state index in [2.05, 4.69) is 51.0 Å². The van der Waals surface area contributed by atoms with Gasteiger partial charge in [0.05, 0.1) is 0 Å². The highest BCUT2D eigenvalue weighted by atomic mass is 33.1. The third kappa shape index (κ3) is 1.83. The van der Waals surface area contributed by atoms with Gasteiger partial charge >= 0.3 is 0 Å². The second kappa shape index (κ2) is 4.17. The van der Waals surface area contributed by atoms with Gasteiger partial charge in [-0.1, -0.05) is 32.7 Å². The van der Waals surface area contributed by atoms with E-state index in [0.717, 1.165) is 0 Å². The minimum atomic E-state index is 0.0316. The summed E-state index contributed by atoms with van der Waals surface area (Å²) in [6.07, 6.45) is 0. The molecule has 4 heteroatoms. The Morgan fingerprint density at radius 3 is 1.31 bits per heavy atom. The maximum atomic E-state index is 4.33. The fourth-order valence-electron chi connectivity index (χ4n) is 1.60. The molecule has 0 N–H and O–H groups in total. The molecule has 0 aromatic carbocycles. The Balaban J connectivity index is 3.19. The Morgan fingerprint density at radius 2 is 1.23 bits per heavy atom. The first-order chi connectivity index (χ1) is 6.01. The van der Waals surface area contributed by atoms with Crippen molar-refractivity contribution in [3.8, 4) is 0 Å². The molecule has 0 radical (unpaired) electrons. The van der Waals surface area contributed by atoms with Crippen LogP contribution < -0.4 is 0 Å². The summed E-state index contributed by atoms with van der Waals surface area (Å²) < 4.78 is 0.0316. The second-order valence-electron chi connectivity index (χ2n) is 3.55. The molecule has 1 fully saturated rings. The van der Waals surface area contributed by atoms with Gasteiger partial charge in [0.2, 0.25) is 0 Å². The van der Waals surface area contributed by atoms with E-state index in [4.69, 9.17) is 0 Å². The zero-order valence-electron chi connectivity index (χ0n) is 8.21. The number of allylic oxidation sites excluding steroid dienone is 2. The fraction of sp³-hybridized carbons (Fsp3) is 0.556. The summed E-state index contributed by atoms with van der Waals surface area (Å²) in [6, 6.07) is 0. The minimum Gasteiger partial charge on any atom is -0.109 e. The number of thiol groups is 2. The van der Waals surface area contributed by atoms with Crippen LogP contribution in [0.5, 0.6) is 0 Å². The Kier molecular flexibility index (Phi) is 3.83.